The van der Waals surface area contributed by atoms with Gasteiger partial charge in [0, 0.05) is 5.69 Å². The highest BCUT2D eigenvalue weighted by Crippen LogP contribution is 2.27. The Balaban J connectivity index is 1.47. The first-order chi connectivity index (χ1) is 15.6. The van der Waals surface area contributed by atoms with Crippen LogP contribution in [0.2, 0.25) is 0 Å². The van der Waals surface area contributed by atoms with E-state index in [2.05, 4.69) is 16.4 Å². The van der Waals surface area contributed by atoms with Crippen molar-refractivity contribution in [2.75, 3.05) is 11.6 Å². The summed E-state index contributed by atoms with van der Waals surface area (Å²) in [5.41, 5.74) is 4.06. The zero-order valence-corrected chi connectivity index (χ0v) is 18.6. The van der Waals surface area contributed by atoms with Crippen LogP contribution in [0.4, 0.5) is 5.69 Å². The number of nitrogens with zero attached hydrogens (tertiary/aromatic N) is 3. The number of carbonyl (C=O) groups is 1. The number of aryl methyl sites for hydroxylation is 1. The predicted molar refractivity (Wildman–Crippen MR) is 128 cm³/mol. The molecule has 0 aliphatic heterocycles. The Hall–Kier alpha value is -3.76. The van der Waals surface area contributed by atoms with Crippen molar-refractivity contribution in [3.05, 3.63) is 83.7 Å². The Morgan fingerprint density at radius 3 is 2.59 bits per heavy atom. The average molecular weight is 443 g/mol. The van der Waals surface area contributed by atoms with Gasteiger partial charge in [-0.3, -0.25) is 4.79 Å². The Morgan fingerprint density at radius 1 is 1.12 bits per heavy atom. The molecule has 1 aromatic heterocycles. The van der Waals surface area contributed by atoms with Gasteiger partial charge < -0.3 is 14.6 Å². The topological polar surface area (TPSA) is 79.9 Å². The molecule has 160 valence electrons. The van der Waals surface area contributed by atoms with E-state index >= 15 is 0 Å². The summed E-state index contributed by atoms with van der Waals surface area (Å²) in [4.78, 5) is 17.5. The first-order valence-electron chi connectivity index (χ1n) is 10.1. The van der Waals surface area contributed by atoms with Crippen LogP contribution in [0.1, 0.15) is 17.0 Å². The van der Waals surface area contributed by atoms with Gasteiger partial charge in [-0.1, -0.05) is 12.1 Å². The van der Waals surface area contributed by atoms with E-state index in [4.69, 9.17) is 10.00 Å². The third-order valence-electron chi connectivity index (χ3n) is 5.00. The molecule has 1 heterocycles. The molecule has 0 saturated heterocycles. The Morgan fingerprint density at radius 2 is 1.88 bits per heavy atom. The molecule has 4 aromatic rings. The molecule has 1 N–H and O–H groups in total. The molecule has 7 heteroatoms. The Bertz CT molecular complexity index is 1310. The minimum atomic E-state index is -0.112. The summed E-state index contributed by atoms with van der Waals surface area (Å²) in [7, 11) is 0. The number of anilines is 1. The fourth-order valence-electron chi connectivity index (χ4n) is 3.45. The standard InChI is InChI=1S/C25H22N4O2S/c1-17-13-20(31-19-9-7-18(14-26)8-10-19)11-12-21(17)28-25(30)15-29-23-6-4-3-5-22(23)27-24(29)16-32-2/h3-13H,15-16H2,1-2H3,(H,28,30). The number of thioether (sulfide) groups is 1. The first kappa shape index (κ1) is 21.5. The monoisotopic (exact) mass is 442 g/mol. The average Bonchev–Trinajstić information content (AvgIpc) is 3.13. The van der Waals surface area contributed by atoms with E-state index in [9.17, 15) is 4.79 Å². The maximum Gasteiger partial charge on any atom is 0.244 e. The highest BCUT2D eigenvalue weighted by molar-refractivity contribution is 7.97. The number of aromatic nitrogens is 2. The molecular formula is C25H22N4O2S. The zero-order chi connectivity index (χ0) is 22.5. The zero-order valence-electron chi connectivity index (χ0n) is 17.8. The van der Waals surface area contributed by atoms with E-state index < -0.39 is 0 Å². The van der Waals surface area contributed by atoms with E-state index in [-0.39, 0.29) is 12.5 Å². The maximum absolute atomic E-state index is 12.8. The van der Waals surface area contributed by atoms with Gasteiger partial charge in [-0.15, -0.1) is 0 Å². The number of hydrogen-bond donors (Lipinski definition) is 1. The number of ether oxygens (including phenoxy) is 1. The number of rotatable bonds is 7. The molecule has 0 fully saturated rings. The molecule has 4 rings (SSSR count). The molecule has 0 radical (unpaired) electrons. The number of carbonyl (C=O) groups excluding carboxylic acids is 1. The van der Waals surface area contributed by atoms with E-state index in [0.717, 1.165) is 33.9 Å². The largest absolute Gasteiger partial charge is 0.457 e. The van der Waals surface area contributed by atoms with E-state index in [1.807, 2.05) is 60.2 Å². The van der Waals surface area contributed by atoms with Crippen molar-refractivity contribution in [1.82, 2.24) is 9.55 Å². The molecule has 0 aliphatic rings. The summed E-state index contributed by atoms with van der Waals surface area (Å²) >= 11 is 1.68. The number of para-hydroxylation sites is 2. The minimum Gasteiger partial charge on any atom is -0.457 e. The number of nitrogens with one attached hydrogen (secondary N) is 1. The summed E-state index contributed by atoms with van der Waals surface area (Å²) in [5, 5.41) is 11.9. The van der Waals surface area contributed by atoms with Crippen molar-refractivity contribution < 1.29 is 9.53 Å². The summed E-state index contributed by atoms with van der Waals surface area (Å²) in [6, 6.07) is 22.4. The third-order valence-corrected chi connectivity index (χ3v) is 5.55. The Labute approximate surface area is 190 Å². The van der Waals surface area contributed by atoms with Crippen molar-refractivity contribution in [2.45, 2.75) is 19.2 Å². The van der Waals surface area contributed by atoms with Crippen molar-refractivity contribution in [3.8, 4) is 17.6 Å². The quantitative estimate of drug-likeness (QED) is 0.408. The van der Waals surface area contributed by atoms with Crippen LogP contribution in [0, 0.1) is 18.3 Å². The van der Waals surface area contributed by atoms with Crippen molar-refractivity contribution in [2.24, 2.45) is 0 Å². The smallest absolute Gasteiger partial charge is 0.244 e. The SMILES string of the molecule is CSCc1nc2ccccc2n1CC(=O)Nc1ccc(Oc2ccc(C#N)cc2)cc1C. The maximum atomic E-state index is 12.8. The molecule has 0 saturated carbocycles. The highest BCUT2D eigenvalue weighted by Gasteiger charge is 2.14. The van der Waals surface area contributed by atoms with Crippen LogP contribution in [0.25, 0.3) is 11.0 Å². The van der Waals surface area contributed by atoms with Crippen LogP contribution >= 0.6 is 11.8 Å². The number of hydrogen-bond acceptors (Lipinski definition) is 5. The van der Waals surface area contributed by atoms with Gasteiger partial charge in [-0.2, -0.15) is 17.0 Å². The normalized spacial score (nSPS) is 10.7. The summed E-state index contributed by atoms with van der Waals surface area (Å²) in [5.74, 6) is 2.82. The molecule has 0 spiro atoms. The summed E-state index contributed by atoms with van der Waals surface area (Å²) in [6.45, 7) is 2.12. The number of amides is 1. The van der Waals surface area contributed by atoms with Crippen LogP contribution in [0.5, 0.6) is 11.5 Å². The molecule has 0 atom stereocenters. The molecule has 0 unspecified atom stereocenters. The van der Waals surface area contributed by atoms with Gasteiger partial charge in [0.05, 0.1) is 28.4 Å². The summed E-state index contributed by atoms with van der Waals surface area (Å²) < 4.78 is 7.83. The van der Waals surface area contributed by atoms with E-state index in [1.54, 1.807) is 36.0 Å². The van der Waals surface area contributed by atoms with Crippen LogP contribution in [-0.2, 0) is 17.1 Å². The van der Waals surface area contributed by atoms with Crippen molar-refractivity contribution in [3.63, 3.8) is 0 Å². The molecule has 0 bridgehead atoms. The van der Waals surface area contributed by atoms with Crippen LogP contribution < -0.4 is 10.1 Å². The number of imidazole rings is 1. The second kappa shape index (κ2) is 9.58. The van der Waals surface area contributed by atoms with Gasteiger partial charge in [0.25, 0.3) is 0 Å². The van der Waals surface area contributed by atoms with Gasteiger partial charge >= 0.3 is 0 Å². The minimum absolute atomic E-state index is 0.112. The van der Waals surface area contributed by atoms with Crippen LogP contribution in [0.15, 0.2) is 66.7 Å². The molecular weight excluding hydrogens is 420 g/mol. The van der Waals surface area contributed by atoms with Gasteiger partial charge in [0.2, 0.25) is 5.91 Å². The molecule has 32 heavy (non-hydrogen) atoms. The Kier molecular flexibility index (Phi) is 6.43. The molecule has 1 amide bonds. The van der Waals surface area contributed by atoms with E-state index in [1.165, 1.54) is 0 Å². The van der Waals surface area contributed by atoms with Gasteiger partial charge in [0.15, 0.2) is 0 Å². The lowest BCUT2D eigenvalue weighted by molar-refractivity contribution is -0.116. The number of fused-ring (bicyclic) bond motifs is 1. The molecule has 6 nitrogen and oxygen atoms in total. The first-order valence-corrected chi connectivity index (χ1v) is 11.5. The second-order valence-corrected chi connectivity index (χ2v) is 8.17. The molecule has 0 aliphatic carbocycles. The lowest BCUT2D eigenvalue weighted by atomic mass is 10.2. The van der Waals surface area contributed by atoms with Crippen LogP contribution in [-0.4, -0.2) is 21.7 Å². The van der Waals surface area contributed by atoms with Gasteiger partial charge in [0.1, 0.15) is 23.9 Å². The van der Waals surface area contributed by atoms with Crippen molar-refractivity contribution in [1.29, 1.82) is 5.26 Å². The lowest BCUT2D eigenvalue weighted by Gasteiger charge is -2.13. The molecule has 3 aromatic carbocycles. The van der Waals surface area contributed by atoms with Crippen LogP contribution in [0.3, 0.4) is 0 Å². The second-order valence-electron chi connectivity index (χ2n) is 7.30. The lowest BCUT2D eigenvalue weighted by Crippen LogP contribution is -2.20. The fraction of sp³-hybridized carbons (Fsp3) is 0.160. The number of benzene rings is 3. The summed E-state index contributed by atoms with van der Waals surface area (Å²) in [6.07, 6.45) is 2.02. The van der Waals surface area contributed by atoms with Gasteiger partial charge in [-0.05, 0) is 73.3 Å². The van der Waals surface area contributed by atoms with Crippen molar-refractivity contribution >= 4 is 34.4 Å². The van der Waals surface area contributed by atoms with Gasteiger partial charge in [-0.25, -0.2) is 4.98 Å². The van der Waals surface area contributed by atoms with E-state index in [0.29, 0.717) is 17.1 Å². The highest BCUT2D eigenvalue weighted by atomic mass is 32.2. The fourth-order valence-corrected chi connectivity index (χ4v) is 3.93. The predicted octanol–water partition coefficient (Wildman–Crippen LogP) is 5.51. The number of nitriles is 1. The third kappa shape index (κ3) is 4.76.